The van der Waals surface area contributed by atoms with Gasteiger partial charge in [-0.2, -0.15) is 0 Å². The third-order valence-electron chi connectivity index (χ3n) is 7.61. The number of thioether (sulfide) groups is 1. The SMILES string of the molecule is C[C@@H](O)[C@H]1C(=O)N2C(C(=O)O)=C(S[C@H]3C[C@@H](C(=O)Nc4cccc(C(=O)O)c4)N(Cc4ncccn4)C3)[C@H](C)[C@H]12. The Hall–Kier alpha value is -3.81. The summed E-state index contributed by atoms with van der Waals surface area (Å²) in [5, 5.41) is 32.0. The smallest absolute Gasteiger partial charge is 0.353 e. The molecule has 40 heavy (non-hydrogen) atoms. The van der Waals surface area contributed by atoms with Crippen LogP contribution < -0.4 is 5.32 Å². The van der Waals surface area contributed by atoms with Gasteiger partial charge in [-0.1, -0.05) is 13.0 Å². The number of aromatic nitrogens is 2. The highest BCUT2D eigenvalue weighted by Crippen LogP contribution is 2.52. The number of nitrogens with zero attached hydrogens (tertiary/aromatic N) is 4. The average Bonchev–Trinajstić information content (AvgIpc) is 3.41. The van der Waals surface area contributed by atoms with E-state index < -0.39 is 42.0 Å². The van der Waals surface area contributed by atoms with Gasteiger partial charge in [-0.25, -0.2) is 19.6 Å². The third kappa shape index (κ3) is 5.07. The van der Waals surface area contributed by atoms with Crippen molar-refractivity contribution in [1.82, 2.24) is 19.8 Å². The van der Waals surface area contributed by atoms with E-state index in [1.165, 1.54) is 35.7 Å². The van der Waals surface area contributed by atoms with E-state index in [4.69, 9.17) is 0 Å². The number of carbonyl (C=O) groups excluding carboxylic acids is 2. The number of hydrogen-bond acceptors (Lipinski definition) is 9. The summed E-state index contributed by atoms with van der Waals surface area (Å²) in [6, 6.07) is 6.64. The van der Waals surface area contributed by atoms with Gasteiger partial charge in [0.2, 0.25) is 11.8 Å². The minimum absolute atomic E-state index is 0.0465. The highest BCUT2D eigenvalue weighted by Gasteiger charge is 2.60. The van der Waals surface area contributed by atoms with Crippen molar-refractivity contribution in [2.24, 2.45) is 11.8 Å². The Kier molecular flexibility index (Phi) is 7.62. The summed E-state index contributed by atoms with van der Waals surface area (Å²) < 4.78 is 0. The molecule has 3 aliphatic rings. The Balaban J connectivity index is 1.38. The number of anilines is 1. The number of benzene rings is 1. The van der Waals surface area contributed by atoms with Gasteiger partial charge in [0, 0.05) is 40.7 Å². The van der Waals surface area contributed by atoms with E-state index in [0.717, 1.165) is 0 Å². The maximum Gasteiger partial charge on any atom is 0.353 e. The molecule has 2 saturated heterocycles. The number of fused-ring (bicyclic) bond motifs is 1. The molecule has 1 aromatic carbocycles. The van der Waals surface area contributed by atoms with Crippen molar-refractivity contribution >= 4 is 41.2 Å². The molecule has 4 heterocycles. The van der Waals surface area contributed by atoms with Gasteiger partial charge < -0.3 is 25.5 Å². The largest absolute Gasteiger partial charge is 0.478 e. The number of nitrogens with one attached hydrogen (secondary N) is 1. The number of aliphatic carboxylic acids is 1. The number of aromatic carboxylic acids is 1. The molecule has 1 aromatic heterocycles. The van der Waals surface area contributed by atoms with E-state index in [-0.39, 0.29) is 34.9 Å². The fraction of sp³-hybridized carbons (Fsp3) is 0.407. The Labute approximate surface area is 234 Å². The second kappa shape index (κ2) is 11.0. The van der Waals surface area contributed by atoms with Crippen LogP contribution in [0.1, 0.15) is 36.5 Å². The molecule has 13 heteroatoms. The van der Waals surface area contributed by atoms with Gasteiger partial charge in [0.25, 0.3) is 0 Å². The van der Waals surface area contributed by atoms with E-state index in [9.17, 15) is 34.5 Å². The van der Waals surface area contributed by atoms with Gasteiger partial charge in [-0.15, -0.1) is 11.8 Å². The van der Waals surface area contributed by atoms with Crippen LogP contribution >= 0.6 is 11.8 Å². The van der Waals surface area contributed by atoms with Gasteiger partial charge >= 0.3 is 11.9 Å². The summed E-state index contributed by atoms with van der Waals surface area (Å²) in [6.45, 7) is 4.11. The molecule has 2 amide bonds. The van der Waals surface area contributed by atoms with Crippen LogP contribution in [0.25, 0.3) is 0 Å². The Bertz CT molecular complexity index is 1380. The number of β-lactam (4-membered cyclic amide) rings is 1. The quantitative estimate of drug-likeness (QED) is 0.324. The van der Waals surface area contributed by atoms with E-state index in [1.54, 1.807) is 30.6 Å². The summed E-state index contributed by atoms with van der Waals surface area (Å²) in [6.07, 6.45) is 2.71. The molecule has 5 rings (SSSR count). The molecule has 0 saturated carbocycles. The van der Waals surface area contributed by atoms with Crippen molar-refractivity contribution in [2.45, 2.75) is 50.3 Å². The fourth-order valence-corrected chi connectivity index (χ4v) is 7.36. The van der Waals surface area contributed by atoms with E-state index >= 15 is 0 Å². The Morgan fingerprint density at radius 3 is 2.52 bits per heavy atom. The number of carboxylic acid groups (broad SMARTS) is 2. The summed E-state index contributed by atoms with van der Waals surface area (Å²) in [4.78, 5) is 62.1. The zero-order chi connectivity index (χ0) is 28.7. The molecule has 0 spiro atoms. The van der Waals surface area contributed by atoms with Gasteiger partial charge in [-0.05, 0) is 37.6 Å². The molecule has 0 radical (unpaired) electrons. The molecular weight excluding hydrogens is 538 g/mol. The molecular formula is C27H29N5O7S. The summed E-state index contributed by atoms with van der Waals surface area (Å²) in [7, 11) is 0. The van der Waals surface area contributed by atoms with Crippen LogP contribution in [-0.4, -0.2) is 88.8 Å². The van der Waals surface area contributed by atoms with Crippen LogP contribution in [0.4, 0.5) is 5.69 Å². The Morgan fingerprint density at radius 1 is 1.15 bits per heavy atom. The highest BCUT2D eigenvalue weighted by molar-refractivity contribution is 8.03. The van der Waals surface area contributed by atoms with Crippen molar-refractivity contribution in [2.75, 3.05) is 11.9 Å². The monoisotopic (exact) mass is 567 g/mol. The number of carboxylic acids is 2. The number of likely N-dealkylation sites (tertiary alicyclic amines) is 1. The predicted octanol–water partition coefficient (Wildman–Crippen LogP) is 1.64. The maximum absolute atomic E-state index is 13.5. The Morgan fingerprint density at radius 2 is 1.88 bits per heavy atom. The number of aliphatic hydroxyl groups excluding tert-OH is 1. The highest BCUT2D eigenvalue weighted by atomic mass is 32.2. The number of amides is 2. The standard InChI is InChI=1S/C27H29N5O7S/c1-13-21-20(14(2)33)25(35)32(21)22(27(38)39)23(13)40-17-10-18(31(11-17)12-19-28-7-4-8-29-19)24(34)30-16-6-3-5-15(9-16)26(36)37/h3-9,13-14,17-18,20-21,33H,10-12H2,1-2H3,(H,30,34)(H,36,37)(H,38,39)/t13-,14-,17+,18+,20-,21-/m1/s1. The number of rotatable bonds is 9. The van der Waals surface area contributed by atoms with E-state index in [2.05, 4.69) is 15.3 Å². The first-order valence-corrected chi connectivity index (χ1v) is 13.7. The van der Waals surface area contributed by atoms with Crippen LogP contribution in [0, 0.1) is 11.8 Å². The van der Waals surface area contributed by atoms with Crippen molar-refractivity contribution < 1.29 is 34.5 Å². The van der Waals surface area contributed by atoms with E-state index in [1.807, 2.05) is 11.8 Å². The van der Waals surface area contributed by atoms with Gasteiger partial charge in [0.1, 0.15) is 11.5 Å². The number of carbonyl (C=O) groups is 4. The van der Waals surface area contributed by atoms with Crippen LogP contribution in [0.5, 0.6) is 0 Å². The molecule has 2 aromatic rings. The first-order valence-electron chi connectivity index (χ1n) is 12.9. The van der Waals surface area contributed by atoms with Crippen LogP contribution in [0.2, 0.25) is 0 Å². The summed E-state index contributed by atoms with van der Waals surface area (Å²) >= 11 is 1.35. The van der Waals surface area contributed by atoms with Crippen LogP contribution in [-0.2, 0) is 20.9 Å². The second-order valence-corrected chi connectivity index (χ2v) is 11.6. The van der Waals surface area contributed by atoms with Crippen molar-refractivity contribution in [3.8, 4) is 0 Å². The average molecular weight is 568 g/mol. The van der Waals surface area contributed by atoms with Crippen molar-refractivity contribution in [3.63, 3.8) is 0 Å². The van der Waals surface area contributed by atoms with Crippen LogP contribution in [0.15, 0.2) is 53.3 Å². The molecule has 4 N–H and O–H groups in total. The normalized spacial score (nSPS) is 26.8. The molecule has 2 fully saturated rings. The second-order valence-electron chi connectivity index (χ2n) is 10.2. The first kappa shape index (κ1) is 27.7. The van der Waals surface area contributed by atoms with Crippen molar-refractivity contribution in [3.05, 3.63) is 64.7 Å². The number of hydrogen-bond donors (Lipinski definition) is 4. The first-order chi connectivity index (χ1) is 19.1. The summed E-state index contributed by atoms with van der Waals surface area (Å²) in [5.74, 6) is -3.45. The van der Waals surface area contributed by atoms with Crippen LogP contribution in [0.3, 0.4) is 0 Å². The maximum atomic E-state index is 13.5. The van der Waals surface area contributed by atoms with Gasteiger partial charge in [0.05, 0.1) is 36.2 Å². The molecule has 3 aliphatic heterocycles. The molecule has 12 nitrogen and oxygen atoms in total. The molecule has 0 aliphatic carbocycles. The molecule has 6 atom stereocenters. The van der Waals surface area contributed by atoms with E-state index in [0.29, 0.717) is 29.4 Å². The lowest BCUT2D eigenvalue weighted by atomic mass is 9.79. The minimum Gasteiger partial charge on any atom is -0.478 e. The fourth-order valence-electron chi connectivity index (χ4n) is 5.80. The predicted molar refractivity (Wildman–Crippen MR) is 144 cm³/mol. The molecule has 210 valence electrons. The lowest BCUT2D eigenvalue weighted by Crippen LogP contribution is -2.63. The topological polar surface area (TPSA) is 173 Å². The van der Waals surface area contributed by atoms with Crippen molar-refractivity contribution in [1.29, 1.82) is 0 Å². The lowest BCUT2D eigenvalue weighted by molar-refractivity contribution is -0.163. The van der Waals surface area contributed by atoms with Gasteiger partial charge in [-0.3, -0.25) is 14.5 Å². The lowest BCUT2D eigenvalue weighted by Gasteiger charge is -2.46. The third-order valence-corrected chi connectivity index (χ3v) is 9.11. The molecule has 0 unspecified atom stereocenters. The minimum atomic E-state index is -1.20. The summed E-state index contributed by atoms with van der Waals surface area (Å²) in [5.41, 5.74) is 0.343. The molecule has 0 bridgehead atoms. The number of aliphatic hydroxyl groups is 1. The zero-order valence-corrected chi connectivity index (χ0v) is 22.6. The zero-order valence-electron chi connectivity index (χ0n) is 21.8. The van der Waals surface area contributed by atoms with Gasteiger partial charge in [0.15, 0.2) is 0 Å².